The lowest BCUT2D eigenvalue weighted by Crippen LogP contribution is -2.30. The van der Waals surface area contributed by atoms with Gasteiger partial charge in [-0.3, -0.25) is 5.10 Å². The molecule has 14 heavy (non-hydrogen) atoms. The Balaban J connectivity index is 1.86. The van der Waals surface area contributed by atoms with Gasteiger partial charge < -0.3 is 10.1 Å². The van der Waals surface area contributed by atoms with Crippen LogP contribution in [0.4, 0.5) is 5.69 Å². The second-order valence-corrected chi connectivity index (χ2v) is 3.85. The first kappa shape index (κ1) is 9.52. The molecule has 4 nitrogen and oxygen atoms in total. The zero-order valence-corrected chi connectivity index (χ0v) is 8.49. The number of methoxy groups -OCH3 is 1. The van der Waals surface area contributed by atoms with E-state index in [2.05, 4.69) is 15.5 Å². The first-order chi connectivity index (χ1) is 6.88. The van der Waals surface area contributed by atoms with Gasteiger partial charge in [-0.1, -0.05) is 0 Å². The molecule has 1 heterocycles. The summed E-state index contributed by atoms with van der Waals surface area (Å²) in [4.78, 5) is 0. The van der Waals surface area contributed by atoms with E-state index in [1.807, 2.05) is 12.4 Å². The normalized spacial score (nSPS) is 27.5. The van der Waals surface area contributed by atoms with Crippen LogP contribution in [0, 0.1) is 0 Å². The maximum atomic E-state index is 5.38. The number of hydrogen-bond acceptors (Lipinski definition) is 3. The molecule has 4 heteroatoms. The largest absolute Gasteiger partial charge is 0.381 e. The third-order valence-corrected chi connectivity index (χ3v) is 2.83. The third kappa shape index (κ3) is 2.26. The van der Waals surface area contributed by atoms with Crippen molar-refractivity contribution in [3.05, 3.63) is 12.4 Å². The maximum Gasteiger partial charge on any atom is 0.0725 e. The molecule has 0 amide bonds. The summed E-state index contributed by atoms with van der Waals surface area (Å²) in [6, 6.07) is 0.534. The highest BCUT2D eigenvalue weighted by Gasteiger charge is 2.21. The number of anilines is 1. The number of nitrogens with one attached hydrogen (secondary N) is 2. The quantitative estimate of drug-likeness (QED) is 0.773. The molecule has 0 saturated heterocycles. The van der Waals surface area contributed by atoms with Crippen LogP contribution in [0.1, 0.15) is 25.7 Å². The smallest absolute Gasteiger partial charge is 0.0725 e. The summed E-state index contributed by atoms with van der Waals surface area (Å²) in [6.07, 6.45) is 8.89. The zero-order valence-electron chi connectivity index (χ0n) is 8.49. The highest BCUT2D eigenvalue weighted by Crippen LogP contribution is 2.23. The number of hydrogen-bond donors (Lipinski definition) is 2. The lowest BCUT2D eigenvalue weighted by atomic mass is 9.93. The van der Waals surface area contributed by atoms with Gasteiger partial charge in [-0.05, 0) is 25.7 Å². The molecule has 2 unspecified atom stereocenters. The summed E-state index contributed by atoms with van der Waals surface area (Å²) < 4.78 is 5.38. The summed E-state index contributed by atoms with van der Waals surface area (Å²) in [7, 11) is 1.80. The minimum Gasteiger partial charge on any atom is -0.381 e. The van der Waals surface area contributed by atoms with Crippen molar-refractivity contribution in [3.63, 3.8) is 0 Å². The van der Waals surface area contributed by atoms with Crippen LogP contribution in [-0.2, 0) is 4.74 Å². The highest BCUT2D eigenvalue weighted by atomic mass is 16.5. The molecule has 1 fully saturated rings. The van der Waals surface area contributed by atoms with Crippen LogP contribution in [0.15, 0.2) is 12.4 Å². The zero-order chi connectivity index (χ0) is 9.80. The molecule has 0 bridgehead atoms. The van der Waals surface area contributed by atoms with E-state index >= 15 is 0 Å². The Hall–Kier alpha value is -1.03. The van der Waals surface area contributed by atoms with E-state index in [0.717, 1.165) is 12.1 Å². The van der Waals surface area contributed by atoms with Crippen molar-refractivity contribution < 1.29 is 4.74 Å². The molecule has 1 aromatic rings. The number of ether oxygens (including phenoxy) is 1. The van der Waals surface area contributed by atoms with Crippen molar-refractivity contribution in [2.24, 2.45) is 0 Å². The third-order valence-electron chi connectivity index (χ3n) is 2.83. The molecule has 78 valence electrons. The van der Waals surface area contributed by atoms with Crippen LogP contribution in [0.3, 0.4) is 0 Å². The van der Waals surface area contributed by atoms with Crippen molar-refractivity contribution in [1.82, 2.24) is 10.2 Å². The molecule has 1 saturated carbocycles. The number of aromatic amines is 1. The predicted octanol–water partition coefficient (Wildman–Crippen LogP) is 1.78. The van der Waals surface area contributed by atoms with E-state index in [1.54, 1.807) is 7.11 Å². The van der Waals surface area contributed by atoms with E-state index < -0.39 is 0 Å². The summed E-state index contributed by atoms with van der Waals surface area (Å²) in [5, 5.41) is 10.2. The Morgan fingerprint density at radius 1 is 1.57 bits per heavy atom. The Morgan fingerprint density at radius 2 is 2.50 bits per heavy atom. The Bertz CT molecular complexity index is 260. The highest BCUT2D eigenvalue weighted by molar-refractivity contribution is 5.38. The average molecular weight is 195 g/mol. The fourth-order valence-electron chi connectivity index (χ4n) is 2.06. The van der Waals surface area contributed by atoms with Crippen LogP contribution in [0.5, 0.6) is 0 Å². The van der Waals surface area contributed by atoms with Gasteiger partial charge in [-0.25, -0.2) is 0 Å². The number of nitrogens with zero attached hydrogens (tertiary/aromatic N) is 1. The lowest BCUT2D eigenvalue weighted by Gasteiger charge is -2.28. The van der Waals surface area contributed by atoms with Gasteiger partial charge in [0, 0.05) is 19.3 Å². The molecule has 0 radical (unpaired) electrons. The van der Waals surface area contributed by atoms with E-state index in [4.69, 9.17) is 4.74 Å². The molecule has 0 spiro atoms. The van der Waals surface area contributed by atoms with Crippen molar-refractivity contribution in [2.75, 3.05) is 12.4 Å². The fourth-order valence-corrected chi connectivity index (χ4v) is 2.06. The second kappa shape index (κ2) is 4.46. The van der Waals surface area contributed by atoms with E-state index in [-0.39, 0.29) is 0 Å². The number of H-pyrrole nitrogens is 1. The second-order valence-electron chi connectivity index (χ2n) is 3.85. The Kier molecular flexibility index (Phi) is 3.03. The first-order valence-corrected chi connectivity index (χ1v) is 5.16. The van der Waals surface area contributed by atoms with Gasteiger partial charge >= 0.3 is 0 Å². The van der Waals surface area contributed by atoms with Crippen LogP contribution in [-0.4, -0.2) is 29.5 Å². The van der Waals surface area contributed by atoms with Gasteiger partial charge in [-0.2, -0.15) is 5.10 Å². The van der Waals surface area contributed by atoms with Gasteiger partial charge in [0.2, 0.25) is 0 Å². The minimum absolute atomic E-state index is 0.424. The molecular formula is C10H17N3O. The molecule has 0 aliphatic heterocycles. The van der Waals surface area contributed by atoms with E-state index in [1.165, 1.54) is 19.3 Å². The number of aromatic nitrogens is 2. The average Bonchev–Trinajstić information content (AvgIpc) is 2.71. The summed E-state index contributed by atoms with van der Waals surface area (Å²) >= 11 is 0. The molecule has 1 aliphatic rings. The topological polar surface area (TPSA) is 49.9 Å². The molecule has 2 atom stereocenters. The molecule has 2 rings (SSSR count). The van der Waals surface area contributed by atoms with Gasteiger partial charge in [0.25, 0.3) is 0 Å². The fraction of sp³-hybridized carbons (Fsp3) is 0.700. The molecule has 2 N–H and O–H groups in total. The van der Waals surface area contributed by atoms with E-state index in [0.29, 0.717) is 12.1 Å². The first-order valence-electron chi connectivity index (χ1n) is 5.16. The van der Waals surface area contributed by atoms with Crippen LogP contribution >= 0.6 is 0 Å². The van der Waals surface area contributed by atoms with Gasteiger partial charge in [0.1, 0.15) is 0 Å². The van der Waals surface area contributed by atoms with Gasteiger partial charge in [0.15, 0.2) is 0 Å². The lowest BCUT2D eigenvalue weighted by molar-refractivity contribution is 0.0669. The van der Waals surface area contributed by atoms with E-state index in [9.17, 15) is 0 Å². The summed E-state index contributed by atoms with van der Waals surface area (Å²) in [6.45, 7) is 0. The standard InChI is InChI=1S/C10H17N3O/c1-14-10-4-2-3-8(5-10)13-9-6-11-12-7-9/h6-8,10,13H,2-5H2,1H3,(H,11,12). The predicted molar refractivity (Wildman–Crippen MR) is 55.3 cm³/mol. The van der Waals surface area contributed by atoms with Gasteiger partial charge in [0.05, 0.1) is 18.0 Å². The number of rotatable bonds is 3. The minimum atomic E-state index is 0.424. The van der Waals surface area contributed by atoms with Crippen molar-refractivity contribution in [3.8, 4) is 0 Å². The van der Waals surface area contributed by atoms with Crippen molar-refractivity contribution in [1.29, 1.82) is 0 Å². The molecular weight excluding hydrogens is 178 g/mol. The van der Waals surface area contributed by atoms with Gasteiger partial charge in [-0.15, -0.1) is 0 Å². The maximum absolute atomic E-state index is 5.38. The van der Waals surface area contributed by atoms with Crippen LogP contribution in [0.25, 0.3) is 0 Å². The van der Waals surface area contributed by atoms with Crippen molar-refractivity contribution in [2.45, 2.75) is 37.8 Å². The molecule has 0 aromatic carbocycles. The molecule has 1 aliphatic carbocycles. The van der Waals surface area contributed by atoms with Crippen LogP contribution in [0.2, 0.25) is 0 Å². The molecule has 1 aromatic heterocycles. The monoisotopic (exact) mass is 195 g/mol. The summed E-state index contributed by atoms with van der Waals surface area (Å²) in [5.74, 6) is 0. The van der Waals surface area contributed by atoms with Crippen molar-refractivity contribution >= 4 is 5.69 Å². The Morgan fingerprint density at radius 3 is 3.21 bits per heavy atom. The van der Waals surface area contributed by atoms with Crippen LogP contribution < -0.4 is 5.32 Å². The SMILES string of the molecule is COC1CCCC(Nc2cn[nH]c2)C1. The Labute approximate surface area is 84.0 Å². The summed E-state index contributed by atoms with van der Waals surface area (Å²) in [5.41, 5.74) is 1.08.